The number of allylic oxidation sites excluding steroid dienone is 4. The zero-order valence-electron chi connectivity index (χ0n) is 26.5. The topological polar surface area (TPSA) is 80.4 Å². The Morgan fingerprint density at radius 2 is 1.81 bits per heavy atom. The lowest BCUT2D eigenvalue weighted by Crippen LogP contribution is -2.43. The minimum atomic E-state index is 0.228. The number of aryl methyl sites for hydroxylation is 1. The van der Waals surface area contributed by atoms with Crippen molar-refractivity contribution in [1.29, 1.82) is 0 Å². The number of amides is 1. The van der Waals surface area contributed by atoms with Crippen LogP contribution in [-0.4, -0.2) is 48.3 Å². The maximum Gasteiger partial charge on any atom is 0.204 e. The van der Waals surface area contributed by atoms with E-state index in [1.807, 2.05) is 0 Å². The van der Waals surface area contributed by atoms with E-state index in [2.05, 4.69) is 116 Å². The molecule has 0 bridgehead atoms. The molecule has 226 valence electrons. The third-order valence-electron chi connectivity index (χ3n) is 8.11. The van der Waals surface area contributed by atoms with E-state index < -0.39 is 0 Å². The molecular weight excluding hydrogens is 520 g/mol. The molecule has 42 heavy (non-hydrogen) atoms. The van der Waals surface area contributed by atoms with Crippen LogP contribution in [-0.2, 0) is 29.6 Å². The van der Waals surface area contributed by atoms with Crippen LogP contribution in [0.2, 0.25) is 0 Å². The van der Waals surface area contributed by atoms with E-state index in [9.17, 15) is 0 Å². The first-order valence-corrected chi connectivity index (χ1v) is 14.6. The highest BCUT2D eigenvalue weighted by Crippen LogP contribution is 2.43. The Hall–Kier alpha value is -3.84. The number of nitrogens with zero attached hydrogens (tertiary/aromatic N) is 2. The van der Waals surface area contributed by atoms with Gasteiger partial charge >= 0.3 is 0 Å². The maximum atomic E-state index is 8.81. The summed E-state index contributed by atoms with van der Waals surface area (Å²) in [5.74, 6) is 5.54. The number of aromatic nitrogens is 1. The van der Waals surface area contributed by atoms with Gasteiger partial charge in [-0.05, 0) is 90.2 Å². The van der Waals surface area contributed by atoms with Crippen molar-refractivity contribution in [2.45, 2.75) is 72.4 Å². The molecule has 3 rings (SSSR count). The van der Waals surface area contributed by atoms with Gasteiger partial charge in [-0.1, -0.05) is 42.0 Å². The molecule has 1 atom stereocenters. The number of fused-ring (bicyclic) bond motifs is 1. The third kappa shape index (κ3) is 9.91. The van der Waals surface area contributed by atoms with Crippen LogP contribution >= 0.6 is 0 Å². The Kier molecular flexibility index (Phi) is 16.6. The van der Waals surface area contributed by atoms with E-state index in [1.54, 1.807) is 0 Å². The van der Waals surface area contributed by atoms with Crippen LogP contribution in [0.4, 0.5) is 0 Å². The number of nitrogens with two attached hydrogens (primary N) is 1. The smallest absolute Gasteiger partial charge is 0.204 e. The first-order chi connectivity index (χ1) is 20.3. The number of hydrogen-bond acceptors (Lipinski definition) is 4. The minimum absolute atomic E-state index is 0.228. The monoisotopic (exact) mass is 570 g/mol. The number of aldehydes is 1. The number of likely N-dealkylation sites (tertiary alicyclic amines) is 1. The van der Waals surface area contributed by atoms with Gasteiger partial charge in [-0.25, -0.2) is 0 Å². The van der Waals surface area contributed by atoms with E-state index in [-0.39, 0.29) is 11.8 Å². The standard InChI is InChI=1S/C33H43N3.C2H4O.CH3NO/c1-8-12-13-16-28(34-6)24-33(26(5)11-4)19-21-36(22-20-33)25-27-17-18-32-30(23-27)29(14-9-2)31(15-10-3)35(32)7;1-2-3;2-1-3/h1,3,9,11,13-14,16-18,23,28,34H,12,15,19-22,24-25H2,2,4-7H3;2H,1H3;1H,(H2,2,3)/b14-9-,16-13+,26-11+;;. The van der Waals surface area contributed by atoms with Crippen molar-refractivity contribution in [1.82, 2.24) is 14.8 Å². The van der Waals surface area contributed by atoms with Crippen molar-refractivity contribution >= 4 is 29.7 Å². The molecule has 0 spiro atoms. The molecular formula is C36H50N4O2. The fourth-order valence-electron chi connectivity index (χ4n) is 5.79. The first-order valence-electron chi connectivity index (χ1n) is 14.6. The summed E-state index contributed by atoms with van der Waals surface area (Å²) in [6.07, 6.45) is 27.9. The van der Waals surface area contributed by atoms with E-state index >= 15 is 0 Å². The van der Waals surface area contributed by atoms with Gasteiger partial charge in [-0.2, -0.15) is 0 Å². The van der Waals surface area contributed by atoms with E-state index in [1.165, 1.54) is 53.1 Å². The summed E-state index contributed by atoms with van der Waals surface area (Å²) < 4.78 is 2.25. The minimum Gasteiger partial charge on any atom is -0.372 e. The number of nitrogens with one attached hydrogen (secondary N) is 1. The molecule has 0 aliphatic carbocycles. The number of carbonyl (C=O) groups is 2. The Morgan fingerprint density at radius 1 is 1.17 bits per heavy atom. The lowest BCUT2D eigenvalue weighted by molar-refractivity contribution is -0.107. The number of rotatable bonds is 10. The average molecular weight is 571 g/mol. The third-order valence-corrected chi connectivity index (χ3v) is 8.11. The van der Waals surface area contributed by atoms with Crippen LogP contribution in [0.1, 0.15) is 70.2 Å². The zero-order chi connectivity index (χ0) is 31.5. The van der Waals surface area contributed by atoms with Gasteiger partial charge in [-0.15, -0.1) is 24.7 Å². The summed E-state index contributed by atoms with van der Waals surface area (Å²) in [7, 11) is 4.17. The van der Waals surface area contributed by atoms with Gasteiger partial charge < -0.3 is 20.4 Å². The Balaban J connectivity index is 0.00000135. The molecule has 2 aromatic rings. The zero-order valence-corrected chi connectivity index (χ0v) is 26.5. The second-order valence-electron chi connectivity index (χ2n) is 10.5. The SMILES string of the molecule is C#CC/C=C/C(CC1(/C(C)=C/C)CCN(Cc2ccc3c(c2)c(/C=C\C)c(CC#C)n3C)CC1)NC.CC=O.NC=O. The first kappa shape index (κ1) is 36.2. The number of piperidine rings is 1. The van der Waals surface area contributed by atoms with E-state index in [0.29, 0.717) is 18.9 Å². The number of hydrogen-bond donors (Lipinski definition) is 2. The summed E-state index contributed by atoms with van der Waals surface area (Å²) in [5, 5.41) is 4.79. The van der Waals surface area contributed by atoms with Gasteiger partial charge in [0.1, 0.15) is 6.29 Å². The fraction of sp³-hybridized carbons (Fsp3) is 0.444. The lowest BCUT2D eigenvalue weighted by Gasteiger charge is -2.44. The molecule has 1 fully saturated rings. The molecule has 0 radical (unpaired) electrons. The molecule has 6 heteroatoms. The Morgan fingerprint density at radius 3 is 2.33 bits per heavy atom. The molecule has 2 heterocycles. The highest BCUT2D eigenvalue weighted by Gasteiger charge is 2.37. The lowest BCUT2D eigenvalue weighted by atomic mass is 9.68. The Labute approximate surface area is 254 Å². The average Bonchev–Trinajstić information content (AvgIpc) is 3.24. The predicted octanol–water partition coefficient (Wildman–Crippen LogP) is 5.80. The predicted molar refractivity (Wildman–Crippen MR) is 179 cm³/mol. The Bertz CT molecular complexity index is 1300. The van der Waals surface area contributed by atoms with Crippen LogP contribution in [0.5, 0.6) is 0 Å². The van der Waals surface area contributed by atoms with Gasteiger partial charge in [0.15, 0.2) is 0 Å². The summed E-state index contributed by atoms with van der Waals surface area (Å²) in [4.78, 5) is 20.0. The molecule has 1 aliphatic rings. The van der Waals surface area contributed by atoms with Crippen LogP contribution in [0.25, 0.3) is 17.0 Å². The van der Waals surface area contributed by atoms with Crippen LogP contribution in [0.3, 0.4) is 0 Å². The molecule has 1 aliphatic heterocycles. The van der Waals surface area contributed by atoms with Crippen LogP contribution < -0.4 is 11.1 Å². The number of likely N-dealkylation sites (N-methyl/N-ethyl adjacent to an activating group) is 1. The molecule has 1 unspecified atom stereocenters. The van der Waals surface area contributed by atoms with Crippen molar-refractivity contribution in [3.63, 3.8) is 0 Å². The number of benzene rings is 1. The van der Waals surface area contributed by atoms with Gasteiger partial charge in [0.05, 0.1) is 0 Å². The van der Waals surface area contributed by atoms with Crippen molar-refractivity contribution in [2.75, 3.05) is 20.1 Å². The molecule has 1 saturated heterocycles. The van der Waals surface area contributed by atoms with Crippen LogP contribution in [0.15, 0.2) is 48.1 Å². The highest BCUT2D eigenvalue weighted by molar-refractivity contribution is 5.92. The van der Waals surface area contributed by atoms with Crippen molar-refractivity contribution < 1.29 is 9.59 Å². The van der Waals surface area contributed by atoms with Gasteiger partial charge in [0, 0.05) is 54.6 Å². The molecule has 1 aromatic carbocycles. The normalized spacial score (nSPS) is 15.7. The van der Waals surface area contributed by atoms with Crippen molar-refractivity contribution in [2.24, 2.45) is 18.2 Å². The second-order valence-corrected chi connectivity index (χ2v) is 10.5. The molecule has 3 N–H and O–H groups in total. The number of terminal acetylenes is 2. The van der Waals surface area contributed by atoms with Crippen molar-refractivity contribution in [3.8, 4) is 24.7 Å². The summed E-state index contributed by atoms with van der Waals surface area (Å²) >= 11 is 0. The summed E-state index contributed by atoms with van der Waals surface area (Å²) in [6.45, 7) is 11.2. The number of carbonyl (C=O) groups excluding carboxylic acids is 2. The maximum absolute atomic E-state index is 8.81. The quantitative estimate of drug-likeness (QED) is 0.215. The molecule has 1 amide bonds. The highest BCUT2D eigenvalue weighted by atomic mass is 16.1. The van der Waals surface area contributed by atoms with Crippen molar-refractivity contribution in [3.05, 3.63) is 64.9 Å². The second kappa shape index (κ2) is 19.3. The molecule has 6 nitrogen and oxygen atoms in total. The van der Waals surface area contributed by atoms with E-state index in [0.717, 1.165) is 32.3 Å². The summed E-state index contributed by atoms with van der Waals surface area (Å²) in [6, 6.07) is 7.25. The molecule has 1 aromatic heterocycles. The largest absolute Gasteiger partial charge is 0.372 e. The number of primary amides is 1. The van der Waals surface area contributed by atoms with Gasteiger partial charge in [-0.3, -0.25) is 9.69 Å². The van der Waals surface area contributed by atoms with Gasteiger partial charge in [0.2, 0.25) is 6.41 Å². The summed E-state index contributed by atoms with van der Waals surface area (Å²) in [5.41, 5.74) is 11.0. The molecule has 0 saturated carbocycles. The fourth-order valence-corrected chi connectivity index (χ4v) is 5.79. The van der Waals surface area contributed by atoms with Crippen LogP contribution in [0, 0.1) is 30.1 Å². The van der Waals surface area contributed by atoms with E-state index in [4.69, 9.17) is 22.4 Å². The van der Waals surface area contributed by atoms with Gasteiger partial charge in [0.25, 0.3) is 0 Å².